The smallest absolute Gasteiger partial charge is 0.227 e. The first-order valence-electron chi connectivity index (χ1n) is 12.4. The Hall–Kier alpha value is -4.37. The minimum Gasteiger partial charge on any atom is -0.335 e. The fourth-order valence-electron chi connectivity index (χ4n) is 5.13. The number of rotatable bonds is 5. The zero-order chi connectivity index (χ0) is 24.8. The quantitative estimate of drug-likeness (QED) is 0.250. The van der Waals surface area contributed by atoms with Crippen molar-refractivity contribution < 1.29 is 4.79 Å². The van der Waals surface area contributed by atoms with Crippen molar-refractivity contribution in [2.45, 2.75) is 25.7 Å². The van der Waals surface area contributed by atoms with E-state index in [2.05, 4.69) is 48.0 Å². The number of thiophene rings is 1. The van der Waals surface area contributed by atoms with Crippen LogP contribution in [0.2, 0.25) is 0 Å². The number of fused-ring (bicyclic) bond motifs is 2. The topological polar surface area (TPSA) is 112 Å². The molecule has 1 amide bonds. The lowest BCUT2D eigenvalue weighted by atomic mass is 10.0. The van der Waals surface area contributed by atoms with E-state index in [1.807, 2.05) is 36.7 Å². The summed E-state index contributed by atoms with van der Waals surface area (Å²) in [6.45, 7) is 0. The summed E-state index contributed by atoms with van der Waals surface area (Å²) in [4.78, 5) is 30.8. The maximum Gasteiger partial charge on any atom is 0.227 e. The minimum atomic E-state index is 0.0883. The van der Waals surface area contributed by atoms with Crippen molar-refractivity contribution in [1.82, 2.24) is 30.1 Å². The van der Waals surface area contributed by atoms with Crippen LogP contribution in [-0.4, -0.2) is 36.0 Å². The number of H-pyrrole nitrogens is 2. The zero-order valence-electron chi connectivity index (χ0n) is 19.9. The van der Waals surface area contributed by atoms with E-state index in [0.29, 0.717) is 11.5 Å². The standard InChI is InChI=1S/C28H23N7OS/c36-28(16-4-1-2-5-16)31-19-10-18(12-29-13-19)17-7-8-22-20(11-17)26(35-34-22)27-32-23-15-30-14-21(25(23)33-27)24-6-3-9-37-24/h3,6-16H,1-2,4-5H2,(H,31,36)(H,32,33)(H,34,35). The first-order chi connectivity index (χ1) is 18.2. The Morgan fingerprint density at radius 3 is 2.73 bits per heavy atom. The summed E-state index contributed by atoms with van der Waals surface area (Å²) in [5.41, 5.74) is 7.01. The van der Waals surface area contributed by atoms with Crippen LogP contribution in [0.4, 0.5) is 5.69 Å². The number of benzene rings is 1. The normalized spacial score (nSPS) is 14.1. The molecule has 1 aromatic carbocycles. The largest absolute Gasteiger partial charge is 0.335 e. The van der Waals surface area contributed by atoms with Gasteiger partial charge < -0.3 is 10.3 Å². The highest BCUT2D eigenvalue weighted by atomic mass is 32.1. The van der Waals surface area contributed by atoms with Crippen molar-refractivity contribution in [3.63, 3.8) is 0 Å². The van der Waals surface area contributed by atoms with Gasteiger partial charge in [-0.15, -0.1) is 11.3 Å². The summed E-state index contributed by atoms with van der Waals surface area (Å²) in [6.07, 6.45) is 11.3. The molecule has 0 bridgehead atoms. The zero-order valence-corrected chi connectivity index (χ0v) is 20.7. The number of hydrogen-bond donors (Lipinski definition) is 3. The molecule has 37 heavy (non-hydrogen) atoms. The average Bonchev–Trinajstić information content (AvgIpc) is 3.74. The van der Waals surface area contributed by atoms with Crippen molar-refractivity contribution >= 4 is 44.9 Å². The molecule has 5 aromatic heterocycles. The van der Waals surface area contributed by atoms with E-state index in [1.54, 1.807) is 23.7 Å². The van der Waals surface area contributed by atoms with Gasteiger partial charge >= 0.3 is 0 Å². The highest BCUT2D eigenvalue weighted by Crippen LogP contribution is 2.34. The van der Waals surface area contributed by atoms with E-state index < -0.39 is 0 Å². The molecule has 7 rings (SSSR count). The number of nitrogens with one attached hydrogen (secondary N) is 3. The molecule has 9 heteroatoms. The van der Waals surface area contributed by atoms with Crippen LogP contribution in [-0.2, 0) is 4.79 Å². The molecule has 6 aromatic rings. The predicted molar refractivity (Wildman–Crippen MR) is 146 cm³/mol. The number of carbonyl (C=O) groups is 1. The number of hydrogen-bond acceptors (Lipinski definition) is 6. The number of carbonyl (C=O) groups excluding carboxylic acids is 1. The Morgan fingerprint density at radius 1 is 0.973 bits per heavy atom. The summed E-state index contributed by atoms with van der Waals surface area (Å²) >= 11 is 1.66. The van der Waals surface area contributed by atoms with Gasteiger partial charge in [-0.05, 0) is 48.1 Å². The molecule has 3 N–H and O–H groups in total. The van der Waals surface area contributed by atoms with Crippen LogP contribution in [0.3, 0.4) is 0 Å². The molecule has 1 saturated carbocycles. The fourth-order valence-corrected chi connectivity index (χ4v) is 5.87. The van der Waals surface area contributed by atoms with Crippen molar-refractivity contribution in [2.24, 2.45) is 5.92 Å². The minimum absolute atomic E-state index is 0.0883. The molecule has 1 aliphatic rings. The van der Waals surface area contributed by atoms with E-state index in [4.69, 9.17) is 4.98 Å². The molecule has 0 unspecified atom stereocenters. The van der Waals surface area contributed by atoms with Gasteiger partial charge in [0, 0.05) is 39.7 Å². The number of amides is 1. The highest BCUT2D eigenvalue weighted by molar-refractivity contribution is 7.13. The van der Waals surface area contributed by atoms with Crippen LogP contribution in [0.15, 0.2) is 66.6 Å². The lowest BCUT2D eigenvalue weighted by molar-refractivity contribution is -0.119. The second kappa shape index (κ2) is 8.94. The molecule has 0 aliphatic heterocycles. The van der Waals surface area contributed by atoms with Crippen LogP contribution in [0.5, 0.6) is 0 Å². The number of imidazole rings is 1. The molecule has 1 aliphatic carbocycles. The Morgan fingerprint density at radius 2 is 1.86 bits per heavy atom. The summed E-state index contributed by atoms with van der Waals surface area (Å²) in [6, 6.07) is 12.2. The Labute approximate surface area is 216 Å². The van der Waals surface area contributed by atoms with Crippen LogP contribution in [0.25, 0.3) is 55.0 Å². The molecule has 1 fully saturated rings. The van der Waals surface area contributed by atoms with Gasteiger partial charge in [-0.25, -0.2) is 4.98 Å². The number of pyridine rings is 2. The molecule has 8 nitrogen and oxygen atoms in total. The van der Waals surface area contributed by atoms with Crippen molar-refractivity contribution in [1.29, 1.82) is 0 Å². The highest BCUT2D eigenvalue weighted by Gasteiger charge is 2.23. The first kappa shape index (κ1) is 21.9. The Kier molecular flexibility index (Phi) is 5.28. The van der Waals surface area contributed by atoms with Crippen LogP contribution >= 0.6 is 11.3 Å². The summed E-state index contributed by atoms with van der Waals surface area (Å²) < 4.78 is 0. The second-order valence-electron chi connectivity index (χ2n) is 9.41. The van der Waals surface area contributed by atoms with Gasteiger partial charge in [-0.2, -0.15) is 5.10 Å². The molecule has 182 valence electrons. The van der Waals surface area contributed by atoms with Gasteiger partial charge in [0.15, 0.2) is 5.82 Å². The number of anilines is 1. The monoisotopic (exact) mass is 505 g/mol. The second-order valence-corrected chi connectivity index (χ2v) is 10.4. The lowest BCUT2D eigenvalue weighted by Crippen LogP contribution is -2.20. The first-order valence-corrected chi connectivity index (χ1v) is 13.2. The van der Waals surface area contributed by atoms with Gasteiger partial charge in [0.25, 0.3) is 0 Å². The van der Waals surface area contributed by atoms with Crippen molar-refractivity contribution in [2.75, 3.05) is 5.32 Å². The van der Waals surface area contributed by atoms with Gasteiger partial charge in [-0.1, -0.05) is 25.0 Å². The van der Waals surface area contributed by atoms with Crippen LogP contribution < -0.4 is 5.32 Å². The van der Waals surface area contributed by atoms with Gasteiger partial charge in [-0.3, -0.25) is 19.9 Å². The van der Waals surface area contributed by atoms with Crippen LogP contribution in [0.1, 0.15) is 25.7 Å². The molecule has 5 heterocycles. The fraction of sp³-hybridized carbons (Fsp3) is 0.179. The SMILES string of the molecule is O=C(Nc1cncc(-c2ccc3[nH]nc(-c4nc5c(-c6cccs6)cncc5[nH]4)c3c2)c1)C1CCCC1. The predicted octanol–water partition coefficient (Wildman–Crippen LogP) is 6.42. The molecular formula is C28H23N7OS. The van der Waals surface area contributed by atoms with Gasteiger partial charge in [0.2, 0.25) is 5.91 Å². The lowest BCUT2D eigenvalue weighted by Gasteiger charge is -2.11. The summed E-state index contributed by atoms with van der Waals surface area (Å²) in [7, 11) is 0. The van der Waals surface area contributed by atoms with E-state index in [-0.39, 0.29) is 11.8 Å². The summed E-state index contributed by atoms with van der Waals surface area (Å²) in [5, 5.41) is 13.8. The molecular weight excluding hydrogens is 482 g/mol. The van der Waals surface area contributed by atoms with Crippen molar-refractivity contribution in [3.05, 3.63) is 66.6 Å². The molecule has 0 spiro atoms. The van der Waals surface area contributed by atoms with Crippen molar-refractivity contribution in [3.8, 4) is 33.1 Å². The number of nitrogens with zero attached hydrogens (tertiary/aromatic N) is 4. The molecule has 0 saturated heterocycles. The Bertz CT molecular complexity index is 1750. The van der Waals surface area contributed by atoms with E-state index in [1.165, 1.54) is 0 Å². The average molecular weight is 506 g/mol. The van der Waals surface area contributed by atoms with E-state index >= 15 is 0 Å². The number of aromatic nitrogens is 6. The van der Waals surface area contributed by atoms with E-state index in [0.717, 1.165) is 74.9 Å². The third-order valence-electron chi connectivity index (χ3n) is 7.03. The molecule has 0 atom stereocenters. The third kappa shape index (κ3) is 3.97. The van der Waals surface area contributed by atoms with Gasteiger partial charge in [0.05, 0.1) is 29.1 Å². The molecule has 0 radical (unpaired) electrons. The third-order valence-corrected chi connectivity index (χ3v) is 7.94. The number of aromatic amines is 2. The van der Waals surface area contributed by atoms with Gasteiger partial charge in [0.1, 0.15) is 11.2 Å². The maximum absolute atomic E-state index is 12.6. The summed E-state index contributed by atoms with van der Waals surface area (Å²) in [5.74, 6) is 0.873. The van der Waals surface area contributed by atoms with E-state index in [9.17, 15) is 4.79 Å². The van der Waals surface area contributed by atoms with Crippen LogP contribution in [0, 0.1) is 5.92 Å². The Balaban J connectivity index is 1.25. The maximum atomic E-state index is 12.6.